The first kappa shape index (κ1) is 22.4. The molecule has 0 saturated heterocycles. The van der Waals surface area contributed by atoms with E-state index in [0.717, 1.165) is 23.5 Å². The van der Waals surface area contributed by atoms with Crippen molar-refractivity contribution >= 4 is 28.7 Å². The van der Waals surface area contributed by atoms with Gasteiger partial charge in [-0.3, -0.25) is 0 Å². The minimum absolute atomic E-state index is 0.108. The van der Waals surface area contributed by atoms with E-state index in [1.807, 2.05) is 54.6 Å². The topological polar surface area (TPSA) is 116 Å². The SMILES string of the molecule is Nc1ncnc2c1c(-c1cc(O)cc(F)c1)nn2CC1=C(c2ccccc2)C(C=O)c2ccccc2O1. The fraction of sp³-hybridized carbons (Fsp3) is 0.0714. The molecule has 3 N–H and O–H groups in total. The summed E-state index contributed by atoms with van der Waals surface area (Å²) in [5.41, 5.74) is 9.55. The van der Waals surface area contributed by atoms with Crippen LogP contribution in [-0.2, 0) is 11.3 Å². The number of para-hydroxylation sites is 1. The van der Waals surface area contributed by atoms with Gasteiger partial charge in [0.25, 0.3) is 0 Å². The number of ether oxygens (including phenoxy) is 1. The normalized spacial score (nSPS) is 14.9. The number of aromatic hydroxyl groups is 1. The van der Waals surface area contributed by atoms with Crippen molar-refractivity contribution in [3.8, 4) is 22.8 Å². The van der Waals surface area contributed by atoms with Crippen molar-refractivity contribution in [1.29, 1.82) is 0 Å². The number of nitrogens with zero attached hydrogens (tertiary/aromatic N) is 4. The molecule has 37 heavy (non-hydrogen) atoms. The lowest BCUT2D eigenvalue weighted by atomic mass is 9.84. The predicted molar refractivity (Wildman–Crippen MR) is 136 cm³/mol. The molecular weight excluding hydrogens is 473 g/mol. The summed E-state index contributed by atoms with van der Waals surface area (Å²) in [6.07, 6.45) is 2.23. The highest BCUT2D eigenvalue weighted by atomic mass is 19.1. The van der Waals surface area contributed by atoms with Gasteiger partial charge in [0.2, 0.25) is 0 Å². The standard InChI is InChI=1S/C28H20FN5O3/c29-18-10-17(11-19(36)12-18)26-25-27(30)31-15-32-28(25)34(33-26)13-23-24(16-6-2-1-3-7-16)21(14-35)20-8-4-5-9-22(20)37-23/h1-12,14-15,21,36H,13H2,(H2,30,31,32). The number of halogens is 1. The third-order valence-corrected chi connectivity index (χ3v) is 6.33. The summed E-state index contributed by atoms with van der Waals surface area (Å²) in [4.78, 5) is 20.9. The molecule has 3 heterocycles. The number of phenolic OH excluding ortho intramolecular Hbond substituents is 1. The maximum Gasteiger partial charge on any atom is 0.164 e. The molecule has 0 bridgehead atoms. The third-order valence-electron chi connectivity index (χ3n) is 6.33. The van der Waals surface area contributed by atoms with Gasteiger partial charge in [0.1, 0.15) is 53.7 Å². The van der Waals surface area contributed by atoms with E-state index in [2.05, 4.69) is 15.1 Å². The maximum atomic E-state index is 14.1. The Morgan fingerprint density at radius 2 is 1.81 bits per heavy atom. The molecule has 6 rings (SSSR count). The second kappa shape index (κ2) is 8.87. The molecule has 1 aliphatic heterocycles. The largest absolute Gasteiger partial charge is 0.508 e. The van der Waals surface area contributed by atoms with Crippen LogP contribution in [0.3, 0.4) is 0 Å². The highest BCUT2D eigenvalue weighted by molar-refractivity contribution is 5.98. The number of carbonyl (C=O) groups excluding carboxylic acids is 1. The van der Waals surface area contributed by atoms with Crippen molar-refractivity contribution in [3.05, 3.63) is 102 Å². The van der Waals surface area contributed by atoms with Crippen LogP contribution >= 0.6 is 0 Å². The first-order valence-electron chi connectivity index (χ1n) is 11.5. The van der Waals surface area contributed by atoms with Crippen LogP contribution in [-0.4, -0.2) is 31.1 Å². The summed E-state index contributed by atoms with van der Waals surface area (Å²) < 4.78 is 22.1. The van der Waals surface area contributed by atoms with E-state index < -0.39 is 11.7 Å². The Kier molecular flexibility index (Phi) is 5.37. The Morgan fingerprint density at radius 1 is 1.03 bits per heavy atom. The molecular formula is C28H20FN5O3. The monoisotopic (exact) mass is 493 g/mol. The highest BCUT2D eigenvalue weighted by Gasteiger charge is 2.31. The minimum atomic E-state index is -0.622. The van der Waals surface area contributed by atoms with Gasteiger partial charge in [-0.15, -0.1) is 0 Å². The van der Waals surface area contributed by atoms with Crippen molar-refractivity contribution in [1.82, 2.24) is 19.7 Å². The van der Waals surface area contributed by atoms with Gasteiger partial charge < -0.3 is 20.4 Å². The lowest BCUT2D eigenvalue weighted by Crippen LogP contribution is -2.20. The molecule has 1 aliphatic rings. The molecule has 0 aliphatic carbocycles. The van der Waals surface area contributed by atoms with Gasteiger partial charge in [-0.25, -0.2) is 19.0 Å². The van der Waals surface area contributed by atoms with Gasteiger partial charge in [0, 0.05) is 22.8 Å². The fourth-order valence-electron chi connectivity index (χ4n) is 4.75. The van der Waals surface area contributed by atoms with E-state index in [1.54, 1.807) is 4.68 Å². The van der Waals surface area contributed by atoms with E-state index in [0.29, 0.717) is 39.4 Å². The third kappa shape index (κ3) is 3.86. The second-order valence-corrected chi connectivity index (χ2v) is 8.62. The van der Waals surface area contributed by atoms with Gasteiger partial charge in [-0.1, -0.05) is 48.5 Å². The molecule has 2 aromatic heterocycles. The Balaban J connectivity index is 1.56. The summed E-state index contributed by atoms with van der Waals surface area (Å²) in [7, 11) is 0. The Bertz CT molecular complexity index is 1680. The van der Waals surface area contributed by atoms with Crippen molar-refractivity contribution in [2.24, 2.45) is 0 Å². The Hall–Kier alpha value is -5.05. The lowest BCUT2D eigenvalue weighted by Gasteiger charge is -2.28. The average molecular weight is 493 g/mol. The van der Waals surface area contributed by atoms with Crippen LogP contribution in [0, 0.1) is 5.82 Å². The van der Waals surface area contributed by atoms with Gasteiger partial charge in [-0.05, 0) is 23.8 Å². The summed E-state index contributed by atoms with van der Waals surface area (Å²) >= 11 is 0. The van der Waals surface area contributed by atoms with Crippen LogP contribution in [0.2, 0.25) is 0 Å². The number of nitrogens with two attached hydrogens (primary N) is 1. The molecule has 9 heteroatoms. The summed E-state index contributed by atoms with van der Waals surface area (Å²) in [5.74, 6) is -0.171. The molecule has 8 nitrogen and oxygen atoms in total. The molecule has 5 aromatic rings. The molecule has 1 unspecified atom stereocenters. The number of carbonyl (C=O) groups is 1. The van der Waals surface area contributed by atoms with E-state index in [9.17, 15) is 14.3 Å². The lowest BCUT2D eigenvalue weighted by molar-refractivity contribution is -0.108. The number of benzene rings is 3. The van der Waals surface area contributed by atoms with Crippen molar-refractivity contribution in [2.45, 2.75) is 12.5 Å². The second-order valence-electron chi connectivity index (χ2n) is 8.62. The predicted octanol–water partition coefficient (Wildman–Crippen LogP) is 4.71. The summed E-state index contributed by atoms with van der Waals surface area (Å²) in [6, 6.07) is 20.6. The molecule has 0 fully saturated rings. The zero-order valence-electron chi connectivity index (χ0n) is 19.4. The quantitative estimate of drug-likeness (QED) is 0.341. The minimum Gasteiger partial charge on any atom is -0.508 e. The van der Waals surface area contributed by atoms with Crippen LogP contribution in [0.5, 0.6) is 11.5 Å². The fourth-order valence-corrected chi connectivity index (χ4v) is 4.75. The number of hydrogen-bond donors (Lipinski definition) is 2. The van der Waals surface area contributed by atoms with Crippen LogP contribution in [0.15, 0.2) is 84.9 Å². The average Bonchev–Trinajstić information content (AvgIpc) is 3.27. The molecule has 3 aromatic carbocycles. The molecule has 0 amide bonds. The molecule has 0 saturated carbocycles. The van der Waals surface area contributed by atoms with Gasteiger partial charge in [0.15, 0.2) is 5.65 Å². The number of phenols is 1. The molecule has 182 valence electrons. The van der Waals surface area contributed by atoms with E-state index in [-0.39, 0.29) is 18.1 Å². The number of nitrogen functional groups attached to an aromatic ring is 1. The number of fused-ring (bicyclic) bond motifs is 2. The van der Waals surface area contributed by atoms with Crippen molar-refractivity contribution in [2.75, 3.05) is 5.73 Å². The smallest absolute Gasteiger partial charge is 0.164 e. The Morgan fingerprint density at radius 3 is 2.59 bits per heavy atom. The summed E-state index contributed by atoms with van der Waals surface area (Å²) in [6.45, 7) is 0.108. The number of aldehydes is 1. The van der Waals surface area contributed by atoms with Crippen LogP contribution < -0.4 is 10.5 Å². The zero-order valence-corrected chi connectivity index (χ0v) is 19.4. The van der Waals surface area contributed by atoms with E-state index >= 15 is 0 Å². The van der Waals surface area contributed by atoms with Gasteiger partial charge in [-0.2, -0.15) is 5.10 Å². The Labute approximate surface area is 210 Å². The van der Waals surface area contributed by atoms with E-state index in [1.165, 1.54) is 18.5 Å². The van der Waals surface area contributed by atoms with Gasteiger partial charge >= 0.3 is 0 Å². The van der Waals surface area contributed by atoms with Crippen LogP contribution in [0.1, 0.15) is 17.0 Å². The number of aromatic nitrogens is 4. The molecule has 0 spiro atoms. The van der Waals surface area contributed by atoms with Crippen LogP contribution in [0.4, 0.5) is 10.2 Å². The van der Waals surface area contributed by atoms with Gasteiger partial charge in [0.05, 0.1) is 11.3 Å². The number of anilines is 1. The number of rotatable bonds is 5. The first-order valence-corrected chi connectivity index (χ1v) is 11.5. The van der Waals surface area contributed by atoms with E-state index in [4.69, 9.17) is 10.5 Å². The number of hydrogen-bond acceptors (Lipinski definition) is 7. The molecule has 0 radical (unpaired) electrons. The maximum absolute atomic E-state index is 14.1. The van der Waals surface area contributed by atoms with Crippen molar-refractivity contribution in [3.63, 3.8) is 0 Å². The summed E-state index contributed by atoms with van der Waals surface area (Å²) in [5, 5.41) is 15.1. The molecule has 1 atom stereocenters. The number of allylic oxidation sites excluding steroid dienone is 2. The van der Waals surface area contributed by atoms with Crippen LogP contribution in [0.25, 0.3) is 27.9 Å². The van der Waals surface area contributed by atoms with Crippen molar-refractivity contribution < 1.29 is 19.0 Å². The zero-order chi connectivity index (χ0) is 25.5. The first-order chi connectivity index (χ1) is 18.0. The highest BCUT2D eigenvalue weighted by Crippen LogP contribution is 2.43.